The lowest BCUT2D eigenvalue weighted by atomic mass is 9.93. The lowest BCUT2D eigenvalue weighted by molar-refractivity contribution is -0.274. The van der Waals surface area contributed by atoms with E-state index in [1.54, 1.807) is 0 Å². The van der Waals surface area contributed by atoms with Gasteiger partial charge < -0.3 is 35.3 Å². The number of nitrogens with one attached hydrogen (secondary N) is 1. The van der Waals surface area contributed by atoms with Gasteiger partial charge in [0.25, 0.3) is 0 Å². The number of tetrazole rings is 1. The van der Waals surface area contributed by atoms with Crippen molar-refractivity contribution >= 4 is 34.6 Å². The summed E-state index contributed by atoms with van der Waals surface area (Å²) in [4.78, 5) is 24.5. The number of ether oxygens (including phenoxy) is 3. The van der Waals surface area contributed by atoms with Gasteiger partial charge in [-0.25, -0.2) is 14.9 Å². The molecule has 1 saturated heterocycles. The Hall–Kier alpha value is -4.17. The van der Waals surface area contributed by atoms with Crippen molar-refractivity contribution in [3.8, 4) is 5.75 Å². The van der Waals surface area contributed by atoms with E-state index in [0.717, 1.165) is 12.1 Å². The Morgan fingerprint density at radius 3 is 2.57 bits per heavy atom. The summed E-state index contributed by atoms with van der Waals surface area (Å²) in [5.74, 6) is -2.27. The van der Waals surface area contributed by atoms with Gasteiger partial charge in [-0.15, -0.1) is 18.3 Å². The van der Waals surface area contributed by atoms with Crippen LogP contribution in [0.5, 0.6) is 5.75 Å². The maximum Gasteiger partial charge on any atom is 0.573 e. The van der Waals surface area contributed by atoms with Crippen LogP contribution in [0.3, 0.4) is 0 Å². The van der Waals surface area contributed by atoms with Crippen molar-refractivity contribution in [1.82, 2.24) is 40.1 Å². The molecule has 1 aromatic carbocycles. The van der Waals surface area contributed by atoms with Crippen LogP contribution in [0.2, 0.25) is 5.28 Å². The number of fused-ring (bicyclic) bond motifs is 1. The highest BCUT2D eigenvalue weighted by Crippen LogP contribution is 2.35. The van der Waals surface area contributed by atoms with Crippen molar-refractivity contribution in [1.29, 1.82) is 0 Å². The molecule has 224 valence electrons. The van der Waals surface area contributed by atoms with E-state index in [1.165, 1.54) is 23.0 Å². The fourth-order valence-corrected chi connectivity index (χ4v) is 4.63. The van der Waals surface area contributed by atoms with Crippen molar-refractivity contribution in [2.24, 2.45) is 0 Å². The van der Waals surface area contributed by atoms with Crippen molar-refractivity contribution in [3.63, 3.8) is 0 Å². The average molecular weight is 616 g/mol. The number of rotatable bonds is 10. The number of halogens is 4. The lowest BCUT2D eigenvalue weighted by Crippen LogP contribution is -2.44. The zero-order chi connectivity index (χ0) is 30.2. The highest BCUT2D eigenvalue weighted by molar-refractivity contribution is 6.28. The Morgan fingerprint density at radius 1 is 1.19 bits per heavy atom. The van der Waals surface area contributed by atoms with Gasteiger partial charge in [0, 0.05) is 0 Å². The molecule has 0 saturated carbocycles. The van der Waals surface area contributed by atoms with E-state index in [9.17, 15) is 33.3 Å². The van der Waals surface area contributed by atoms with Gasteiger partial charge in [0.1, 0.15) is 29.6 Å². The number of carboxylic acid groups (broad SMARTS) is 1. The molecular formula is C22H21ClF3N9O7. The van der Waals surface area contributed by atoms with Gasteiger partial charge in [0.2, 0.25) is 10.9 Å². The van der Waals surface area contributed by atoms with E-state index in [0.29, 0.717) is 5.56 Å². The molecule has 0 bridgehead atoms. The Balaban J connectivity index is 1.34. The van der Waals surface area contributed by atoms with Crippen LogP contribution >= 0.6 is 11.6 Å². The highest BCUT2D eigenvalue weighted by atomic mass is 35.5. The molecule has 0 radical (unpaired) electrons. The summed E-state index contributed by atoms with van der Waals surface area (Å²) in [6.45, 7) is -0.565. The second kappa shape index (κ2) is 11.2. The van der Waals surface area contributed by atoms with Crippen LogP contribution in [-0.2, 0) is 26.3 Å². The first-order valence-electron chi connectivity index (χ1n) is 12.0. The maximum atomic E-state index is 12.6. The molecule has 0 spiro atoms. The molecule has 20 heteroatoms. The molecule has 5 rings (SSSR count). The van der Waals surface area contributed by atoms with E-state index < -0.39 is 54.8 Å². The van der Waals surface area contributed by atoms with E-state index in [2.05, 4.69) is 40.3 Å². The number of hydrogen-bond acceptors (Lipinski definition) is 13. The number of nitrogen functional groups attached to an aromatic ring is 1. The minimum atomic E-state index is -4.87. The van der Waals surface area contributed by atoms with Gasteiger partial charge in [0.05, 0.1) is 12.9 Å². The van der Waals surface area contributed by atoms with Gasteiger partial charge in [-0.2, -0.15) is 9.97 Å². The zero-order valence-corrected chi connectivity index (χ0v) is 21.8. The first kappa shape index (κ1) is 29.3. The quantitative estimate of drug-likeness (QED) is 0.155. The summed E-state index contributed by atoms with van der Waals surface area (Å²) in [7, 11) is 0. The highest BCUT2D eigenvalue weighted by Gasteiger charge is 2.49. The first-order chi connectivity index (χ1) is 19.9. The average Bonchev–Trinajstić information content (AvgIpc) is 3.66. The second-order valence-corrected chi connectivity index (χ2v) is 9.47. The number of aliphatic hydroxyl groups is 2. The van der Waals surface area contributed by atoms with Crippen LogP contribution in [0, 0.1) is 0 Å². The summed E-state index contributed by atoms with van der Waals surface area (Å²) in [6.07, 6.45) is -9.51. The number of carbonyl (C=O) groups is 1. The van der Waals surface area contributed by atoms with E-state index in [4.69, 9.17) is 26.8 Å². The third-order valence-corrected chi connectivity index (χ3v) is 6.69. The fraction of sp³-hybridized carbons (Fsp3) is 0.409. The number of hydrogen-bond donors (Lipinski definition) is 5. The molecule has 4 aromatic rings. The lowest BCUT2D eigenvalue weighted by Gasteiger charge is -2.29. The van der Waals surface area contributed by atoms with Crippen LogP contribution < -0.4 is 10.5 Å². The largest absolute Gasteiger partial charge is 0.573 e. The SMILES string of the molecule is Nc1nc(Cl)nc2c1ncn2[C@@H]1O[C@H](COC(CCc2ccc(OC(F)(F)F)cc2)(C(=O)O)c2nnn[nH]2)[C@@H](O)[C@H]1O. The van der Waals surface area contributed by atoms with Gasteiger partial charge in [-0.05, 0) is 52.6 Å². The molecule has 1 aliphatic heterocycles. The van der Waals surface area contributed by atoms with E-state index in [-0.39, 0.29) is 40.9 Å². The molecule has 16 nitrogen and oxygen atoms in total. The van der Waals surface area contributed by atoms with Crippen molar-refractivity contribution in [2.75, 3.05) is 12.3 Å². The number of nitrogens with zero attached hydrogens (tertiary/aromatic N) is 7. The van der Waals surface area contributed by atoms with E-state index >= 15 is 0 Å². The summed E-state index contributed by atoms with van der Waals surface area (Å²) in [5.41, 5.74) is 4.34. The number of carboxylic acids is 1. The standard InChI is InChI=1S/C22H21ClF3N9O7/c23-20-29-15(27)12-16(30-20)35(8-28-12)17-14(37)13(36)11(41-17)7-40-21(19(38)39,18-31-33-34-32-18)6-5-9-1-3-10(4-2-9)42-22(24,25)26/h1-4,8,11,13-14,17,36-37H,5-7H2,(H,38,39)(H2,27,29,30)(H,31,32,33,34)/t11-,13-,14-,17-,21?/m1/s1. The number of aromatic nitrogens is 8. The normalized spacial score (nSPS) is 22.3. The van der Waals surface area contributed by atoms with Gasteiger partial charge >= 0.3 is 12.3 Å². The molecule has 42 heavy (non-hydrogen) atoms. The molecule has 6 N–H and O–H groups in total. The van der Waals surface area contributed by atoms with Crippen molar-refractivity contribution in [2.45, 2.75) is 49.3 Å². The topological polar surface area (TPSA) is 230 Å². The third-order valence-electron chi connectivity index (χ3n) is 6.52. The molecule has 1 fully saturated rings. The number of anilines is 1. The monoisotopic (exact) mass is 615 g/mol. The van der Waals surface area contributed by atoms with Crippen LogP contribution in [0.4, 0.5) is 19.0 Å². The van der Waals surface area contributed by atoms with Gasteiger partial charge in [-0.1, -0.05) is 12.1 Å². The Bertz CT molecular complexity index is 1560. The summed E-state index contributed by atoms with van der Waals surface area (Å²) >= 11 is 5.90. The number of aliphatic carboxylic acids is 1. The molecule has 4 heterocycles. The van der Waals surface area contributed by atoms with Crippen LogP contribution in [0.1, 0.15) is 24.0 Å². The van der Waals surface area contributed by atoms with E-state index in [1.807, 2.05) is 0 Å². The van der Waals surface area contributed by atoms with Gasteiger partial charge in [-0.3, -0.25) is 4.57 Å². The van der Waals surface area contributed by atoms with Crippen LogP contribution in [-0.4, -0.2) is 92.7 Å². The molecule has 5 atom stereocenters. The molecule has 1 unspecified atom stereocenters. The second-order valence-electron chi connectivity index (χ2n) is 9.13. The molecule has 1 aliphatic rings. The summed E-state index contributed by atoms with van der Waals surface area (Å²) in [5, 5.41) is 44.4. The van der Waals surface area contributed by atoms with Crippen LogP contribution in [0.25, 0.3) is 11.2 Å². The van der Waals surface area contributed by atoms with Crippen LogP contribution in [0.15, 0.2) is 30.6 Å². The number of nitrogens with two attached hydrogens (primary N) is 1. The summed E-state index contributed by atoms with van der Waals surface area (Å²) < 4.78 is 54.2. The Kier molecular flexibility index (Phi) is 7.86. The minimum Gasteiger partial charge on any atom is -0.479 e. The maximum absolute atomic E-state index is 12.6. The predicted octanol–water partition coefficient (Wildman–Crippen LogP) is 0.722. The number of H-pyrrole nitrogens is 1. The number of aliphatic hydroxyl groups excluding tert-OH is 2. The van der Waals surface area contributed by atoms with Crippen molar-refractivity contribution in [3.05, 3.63) is 47.3 Å². The number of alkyl halides is 3. The Morgan fingerprint density at radius 2 is 1.93 bits per heavy atom. The summed E-state index contributed by atoms with van der Waals surface area (Å²) in [6, 6.07) is 4.82. The predicted molar refractivity (Wildman–Crippen MR) is 132 cm³/mol. The number of aromatic amines is 1. The third kappa shape index (κ3) is 5.77. The first-order valence-corrected chi connectivity index (χ1v) is 12.4. The molecular weight excluding hydrogens is 595 g/mol. The molecule has 3 aromatic heterocycles. The number of aryl methyl sites for hydroxylation is 1. The number of benzene rings is 1. The molecule has 0 aliphatic carbocycles. The zero-order valence-electron chi connectivity index (χ0n) is 21.0. The van der Waals surface area contributed by atoms with Gasteiger partial charge in [0.15, 0.2) is 23.5 Å². The minimum absolute atomic E-state index is 0.0124. The smallest absolute Gasteiger partial charge is 0.479 e. The fourth-order valence-electron chi connectivity index (χ4n) is 4.46. The molecule has 0 amide bonds. The Labute approximate surface area is 237 Å². The van der Waals surface area contributed by atoms with Crippen molar-refractivity contribution < 1.29 is 47.5 Å². The number of imidazole rings is 1.